The van der Waals surface area contributed by atoms with Gasteiger partial charge in [0.1, 0.15) is 12.4 Å². The SMILES string of the molecule is Cc1ccc(C2(c3ccc(OCc4ccnc(N5CC6(CN(C)C6)C5)n4)cc3)COC2)cc1. The number of hydrogen-bond donors (Lipinski definition) is 0. The summed E-state index contributed by atoms with van der Waals surface area (Å²) in [5.41, 5.74) is 5.16. The number of benzene rings is 2. The minimum Gasteiger partial charge on any atom is -0.487 e. The summed E-state index contributed by atoms with van der Waals surface area (Å²) in [6, 6.07) is 19.2. The van der Waals surface area contributed by atoms with E-state index in [1.165, 1.54) is 29.8 Å². The first kappa shape index (κ1) is 20.6. The molecule has 170 valence electrons. The van der Waals surface area contributed by atoms with Crippen LogP contribution in [-0.4, -0.2) is 61.3 Å². The van der Waals surface area contributed by atoms with Gasteiger partial charge in [-0.1, -0.05) is 42.0 Å². The van der Waals surface area contributed by atoms with Gasteiger partial charge in [0.15, 0.2) is 0 Å². The first-order chi connectivity index (χ1) is 16.0. The number of likely N-dealkylation sites (tertiary alicyclic amines) is 1. The van der Waals surface area contributed by atoms with Crippen LogP contribution in [0.15, 0.2) is 60.8 Å². The summed E-state index contributed by atoms with van der Waals surface area (Å²) in [7, 11) is 2.18. The van der Waals surface area contributed by atoms with E-state index in [9.17, 15) is 0 Å². The lowest BCUT2D eigenvalue weighted by Crippen LogP contribution is -2.71. The third-order valence-corrected chi connectivity index (χ3v) is 7.34. The summed E-state index contributed by atoms with van der Waals surface area (Å²) >= 11 is 0. The molecule has 0 N–H and O–H groups in total. The summed E-state index contributed by atoms with van der Waals surface area (Å²) in [4.78, 5) is 13.9. The molecule has 0 aliphatic carbocycles. The quantitative estimate of drug-likeness (QED) is 0.583. The fourth-order valence-electron chi connectivity index (χ4n) is 5.53. The van der Waals surface area contributed by atoms with Crippen molar-refractivity contribution in [3.8, 4) is 5.75 Å². The molecular formula is C27H30N4O2. The highest BCUT2D eigenvalue weighted by Gasteiger charge is 2.51. The molecule has 3 aromatic rings. The highest BCUT2D eigenvalue weighted by Crippen LogP contribution is 2.41. The van der Waals surface area contributed by atoms with E-state index >= 15 is 0 Å². The van der Waals surface area contributed by atoms with E-state index < -0.39 is 0 Å². The van der Waals surface area contributed by atoms with Crippen molar-refractivity contribution in [2.45, 2.75) is 18.9 Å². The lowest BCUT2D eigenvalue weighted by atomic mass is 9.73. The van der Waals surface area contributed by atoms with Crippen molar-refractivity contribution in [1.82, 2.24) is 14.9 Å². The molecule has 33 heavy (non-hydrogen) atoms. The lowest BCUT2D eigenvalue weighted by Gasteiger charge is -2.59. The average Bonchev–Trinajstić information content (AvgIpc) is 2.75. The van der Waals surface area contributed by atoms with Crippen LogP contribution in [0.25, 0.3) is 0 Å². The van der Waals surface area contributed by atoms with Crippen LogP contribution in [0.1, 0.15) is 22.4 Å². The van der Waals surface area contributed by atoms with Crippen molar-refractivity contribution in [3.63, 3.8) is 0 Å². The van der Waals surface area contributed by atoms with Gasteiger partial charge in [-0.3, -0.25) is 0 Å². The Bertz CT molecular complexity index is 1130. The Balaban J connectivity index is 1.10. The molecule has 6 nitrogen and oxygen atoms in total. The largest absolute Gasteiger partial charge is 0.487 e. The van der Waals surface area contributed by atoms with Crippen LogP contribution >= 0.6 is 0 Å². The number of anilines is 1. The van der Waals surface area contributed by atoms with Crippen molar-refractivity contribution < 1.29 is 9.47 Å². The fraction of sp³-hybridized carbons (Fsp3) is 0.407. The predicted molar refractivity (Wildman–Crippen MR) is 128 cm³/mol. The smallest absolute Gasteiger partial charge is 0.225 e. The Labute approximate surface area is 195 Å². The van der Waals surface area contributed by atoms with Gasteiger partial charge < -0.3 is 19.3 Å². The molecule has 3 aliphatic rings. The standard InChI is InChI=1S/C27H30N4O2/c1-20-3-5-21(6-4-20)27(18-32-19-27)22-7-9-24(10-8-22)33-13-23-11-12-28-25(29-23)31-16-26(17-31)14-30(2)15-26/h3-12H,13-19H2,1-2H3. The fourth-order valence-corrected chi connectivity index (χ4v) is 5.53. The van der Waals surface area contributed by atoms with Crippen molar-refractivity contribution in [2.75, 3.05) is 51.3 Å². The van der Waals surface area contributed by atoms with Crippen LogP contribution in [0.5, 0.6) is 5.75 Å². The summed E-state index contributed by atoms with van der Waals surface area (Å²) in [5, 5.41) is 0. The van der Waals surface area contributed by atoms with Gasteiger partial charge in [0.2, 0.25) is 5.95 Å². The van der Waals surface area contributed by atoms with Crippen LogP contribution in [-0.2, 0) is 16.8 Å². The van der Waals surface area contributed by atoms with E-state index in [0.717, 1.165) is 30.5 Å². The van der Waals surface area contributed by atoms with Crippen molar-refractivity contribution in [2.24, 2.45) is 5.41 Å². The van der Waals surface area contributed by atoms with E-state index in [1.54, 1.807) is 0 Å². The van der Waals surface area contributed by atoms with Crippen molar-refractivity contribution in [1.29, 1.82) is 0 Å². The first-order valence-corrected chi connectivity index (χ1v) is 11.7. The molecule has 0 amide bonds. The van der Waals surface area contributed by atoms with Crippen LogP contribution in [0.2, 0.25) is 0 Å². The zero-order chi connectivity index (χ0) is 22.5. The Morgan fingerprint density at radius 3 is 2.18 bits per heavy atom. The second-order valence-electron chi connectivity index (χ2n) is 10.1. The maximum atomic E-state index is 6.06. The highest BCUT2D eigenvalue weighted by molar-refractivity contribution is 5.44. The van der Waals surface area contributed by atoms with Gasteiger partial charge in [-0.05, 0) is 43.3 Å². The minimum atomic E-state index is -0.0579. The molecule has 6 rings (SSSR count). The molecule has 0 radical (unpaired) electrons. The van der Waals surface area contributed by atoms with Crippen LogP contribution in [0.4, 0.5) is 5.95 Å². The molecule has 0 bridgehead atoms. The molecule has 3 fully saturated rings. The molecule has 1 spiro atoms. The topological polar surface area (TPSA) is 50.7 Å². The van der Waals surface area contributed by atoms with E-state index in [1.807, 2.05) is 12.3 Å². The zero-order valence-electron chi connectivity index (χ0n) is 19.3. The molecular weight excluding hydrogens is 412 g/mol. The Kier molecular flexibility index (Phi) is 4.89. The Morgan fingerprint density at radius 2 is 1.58 bits per heavy atom. The normalized spacial score (nSPS) is 20.6. The molecule has 1 aromatic heterocycles. The maximum Gasteiger partial charge on any atom is 0.225 e. The summed E-state index contributed by atoms with van der Waals surface area (Å²) in [6.07, 6.45) is 1.84. The number of nitrogens with zero attached hydrogens (tertiary/aromatic N) is 4. The van der Waals surface area contributed by atoms with E-state index in [-0.39, 0.29) is 5.41 Å². The predicted octanol–water partition coefficient (Wildman–Crippen LogP) is 3.43. The minimum absolute atomic E-state index is 0.0579. The van der Waals surface area contributed by atoms with Gasteiger partial charge in [-0.15, -0.1) is 0 Å². The summed E-state index contributed by atoms with van der Waals surface area (Å²) in [5.74, 6) is 1.66. The lowest BCUT2D eigenvalue weighted by molar-refractivity contribution is -0.0380. The second kappa shape index (κ2) is 7.82. The van der Waals surface area contributed by atoms with E-state index in [0.29, 0.717) is 25.2 Å². The van der Waals surface area contributed by atoms with Gasteiger partial charge in [-0.25, -0.2) is 9.97 Å². The van der Waals surface area contributed by atoms with E-state index in [4.69, 9.17) is 14.5 Å². The average molecular weight is 443 g/mol. The monoisotopic (exact) mass is 442 g/mol. The van der Waals surface area contributed by atoms with Gasteiger partial charge in [-0.2, -0.15) is 0 Å². The summed E-state index contributed by atoms with van der Waals surface area (Å²) < 4.78 is 11.7. The van der Waals surface area contributed by atoms with E-state index in [2.05, 4.69) is 77.3 Å². The summed E-state index contributed by atoms with van der Waals surface area (Å²) in [6.45, 7) is 8.45. The van der Waals surface area contributed by atoms with Gasteiger partial charge >= 0.3 is 0 Å². The number of aryl methyl sites for hydroxylation is 1. The molecule has 4 heterocycles. The van der Waals surface area contributed by atoms with Crippen LogP contribution in [0.3, 0.4) is 0 Å². The van der Waals surface area contributed by atoms with Gasteiger partial charge in [0.05, 0.1) is 24.3 Å². The van der Waals surface area contributed by atoms with Crippen molar-refractivity contribution in [3.05, 3.63) is 83.2 Å². The number of aromatic nitrogens is 2. The number of hydrogen-bond acceptors (Lipinski definition) is 6. The molecule has 0 saturated carbocycles. The van der Waals surface area contributed by atoms with Crippen molar-refractivity contribution >= 4 is 5.95 Å². The zero-order valence-corrected chi connectivity index (χ0v) is 19.3. The molecule has 2 aromatic carbocycles. The highest BCUT2D eigenvalue weighted by atomic mass is 16.5. The molecule has 0 atom stereocenters. The Hall–Kier alpha value is -2.96. The third kappa shape index (κ3) is 3.67. The first-order valence-electron chi connectivity index (χ1n) is 11.7. The van der Waals surface area contributed by atoms with Crippen LogP contribution in [0, 0.1) is 12.3 Å². The third-order valence-electron chi connectivity index (χ3n) is 7.34. The molecule has 6 heteroatoms. The molecule has 0 unspecified atom stereocenters. The maximum absolute atomic E-state index is 6.06. The van der Waals surface area contributed by atoms with Crippen LogP contribution < -0.4 is 9.64 Å². The molecule has 3 aliphatic heterocycles. The number of ether oxygens (including phenoxy) is 2. The Morgan fingerprint density at radius 1 is 0.909 bits per heavy atom. The molecule has 3 saturated heterocycles. The van der Waals surface area contributed by atoms with Gasteiger partial charge in [0.25, 0.3) is 0 Å². The van der Waals surface area contributed by atoms with Gasteiger partial charge in [0, 0.05) is 37.8 Å². The number of rotatable bonds is 6. The second-order valence-corrected chi connectivity index (χ2v) is 10.1.